The lowest BCUT2D eigenvalue weighted by Crippen LogP contribution is -2.38. The van der Waals surface area contributed by atoms with Crippen LogP contribution >= 0.6 is 23.5 Å². The number of anilines is 1. The van der Waals surface area contributed by atoms with Crippen LogP contribution in [0, 0.1) is 5.41 Å². The average molecular weight is 255 g/mol. The van der Waals surface area contributed by atoms with E-state index in [4.69, 9.17) is 11.1 Å². The van der Waals surface area contributed by atoms with E-state index >= 15 is 0 Å². The van der Waals surface area contributed by atoms with E-state index in [0.717, 1.165) is 16.7 Å². The number of hydrogen-bond acceptors (Lipinski definition) is 5. The quantitative estimate of drug-likeness (QED) is 0.401. The number of para-hydroxylation sites is 1. The smallest absolute Gasteiger partial charge is 0.274 e. The lowest BCUT2D eigenvalue weighted by Gasteiger charge is -2.28. The number of amides is 1. The van der Waals surface area contributed by atoms with Gasteiger partial charge >= 0.3 is 0 Å². The number of rotatable bonds is 1. The third kappa shape index (κ3) is 2.01. The largest absolute Gasteiger partial charge is 0.379 e. The van der Waals surface area contributed by atoms with Gasteiger partial charge in [-0.25, -0.2) is 0 Å². The van der Waals surface area contributed by atoms with Crippen molar-refractivity contribution in [2.75, 3.05) is 5.06 Å². The van der Waals surface area contributed by atoms with Crippen LogP contribution in [-0.4, -0.2) is 20.9 Å². The van der Waals surface area contributed by atoms with Crippen molar-refractivity contribution >= 4 is 40.3 Å². The Kier molecular flexibility index (Phi) is 3.08. The number of nitrogens with two attached hydrogens (primary N) is 1. The lowest BCUT2D eigenvalue weighted by atomic mass is 10.3. The van der Waals surface area contributed by atoms with Crippen molar-refractivity contribution in [3.8, 4) is 0 Å². The maximum Gasteiger partial charge on any atom is 0.274 e. The number of nitrogens with one attached hydrogen (secondary N) is 1. The first kappa shape index (κ1) is 11.3. The van der Waals surface area contributed by atoms with Gasteiger partial charge in [0.2, 0.25) is 0 Å². The van der Waals surface area contributed by atoms with Gasteiger partial charge in [0.05, 0.1) is 5.69 Å². The molecule has 1 atom stereocenters. The molecule has 0 bridgehead atoms. The van der Waals surface area contributed by atoms with E-state index < -0.39 is 10.5 Å². The first-order valence-corrected chi connectivity index (χ1v) is 6.14. The van der Waals surface area contributed by atoms with Gasteiger partial charge in [0, 0.05) is 4.90 Å². The maximum atomic E-state index is 11.7. The Bertz CT molecular complexity index is 452. The minimum atomic E-state index is -0.600. The predicted molar refractivity (Wildman–Crippen MR) is 64.9 cm³/mol. The molecule has 16 heavy (non-hydrogen) atoms. The maximum absolute atomic E-state index is 11.7. The van der Waals surface area contributed by atoms with E-state index in [1.807, 2.05) is 12.1 Å². The van der Waals surface area contributed by atoms with E-state index in [1.54, 1.807) is 12.1 Å². The molecule has 0 radical (unpaired) electrons. The van der Waals surface area contributed by atoms with E-state index in [0.29, 0.717) is 10.8 Å². The van der Waals surface area contributed by atoms with Crippen LogP contribution in [0.3, 0.4) is 0 Å². The van der Waals surface area contributed by atoms with Crippen LogP contribution < -0.4 is 10.8 Å². The molecule has 0 saturated carbocycles. The van der Waals surface area contributed by atoms with Crippen LogP contribution in [0.15, 0.2) is 29.2 Å². The molecule has 2 rings (SSSR count). The standard InChI is InChI=1S/C9H9N3O2S2/c10-9(11)16-8-7(13)12(14)5-3-1-2-4-6(5)15-8/h1-4,8,14H,(H3,10,11)/t8-/m1/s1. The van der Waals surface area contributed by atoms with Gasteiger partial charge in [0.1, 0.15) is 4.58 Å². The average Bonchev–Trinajstić information content (AvgIpc) is 2.25. The summed E-state index contributed by atoms with van der Waals surface area (Å²) >= 11 is 2.21. The molecule has 0 aliphatic carbocycles. The van der Waals surface area contributed by atoms with Crippen molar-refractivity contribution in [2.45, 2.75) is 9.48 Å². The highest BCUT2D eigenvalue weighted by atomic mass is 32.2. The second-order valence-corrected chi connectivity index (χ2v) is 5.64. The summed E-state index contributed by atoms with van der Waals surface area (Å²) in [7, 11) is 0. The molecule has 0 unspecified atom stereocenters. The van der Waals surface area contributed by atoms with E-state index in [2.05, 4.69) is 0 Å². The molecule has 1 aliphatic heterocycles. The highest BCUT2D eigenvalue weighted by Crippen LogP contribution is 2.42. The lowest BCUT2D eigenvalue weighted by molar-refractivity contribution is -0.121. The molecule has 0 saturated heterocycles. The van der Waals surface area contributed by atoms with Crippen molar-refractivity contribution in [3.63, 3.8) is 0 Å². The minimum absolute atomic E-state index is 0.140. The molecule has 84 valence electrons. The topological polar surface area (TPSA) is 90.4 Å². The monoisotopic (exact) mass is 255 g/mol. The van der Waals surface area contributed by atoms with Crippen LogP contribution in [-0.2, 0) is 4.79 Å². The van der Waals surface area contributed by atoms with Gasteiger partial charge in [-0.1, -0.05) is 35.7 Å². The number of carbonyl (C=O) groups is 1. The van der Waals surface area contributed by atoms with E-state index in [-0.39, 0.29) is 5.17 Å². The molecular formula is C9H9N3O2S2. The summed E-state index contributed by atoms with van der Waals surface area (Å²) in [4.78, 5) is 12.5. The molecule has 1 aromatic rings. The fraction of sp³-hybridized carbons (Fsp3) is 0.111. The van der Waals surface area contributed by atoms with Gasteiger partial charge in [-0.2, -0.15) is 5.06 Å². The van der Waals surface area contributed by atoms with Crippen LogP contribution in [0.5, 0.6) is 0 Å². The van der Waals surface area contributed by atoms with Crippen molar-refractivity contribution in [2.24, 2.45) is 5.73 Å². The highest BCUT2D eigenvalue weighted by Gasteiger charge is 2.33. The SMILES string of the molecule is N=C(N)S[C@H]1Sc2ccccc2N(O)C1=O. The summed E-state index contributed by atoms with van der Waals surface area (Å²) in [6.45, 7) is 0. The summed E-state index contributed by atoms with van der Waals surface area (Å²) in [5.74, 6) is -0.469. The van der Waals surface area contributed by atoms with Crippen LogP contribution in [0.4, 0.5) is 5.69 Å². The summed E-state index contributed by atoms with van der Waals surface area (Å²) in [5, 5.41) is 17.3. The molecule has 1 aliphatic rings. The second-order valence-electron chi connectivity index (χ2n) is 3.05. The molecule has 5 nitrogen and oxygen atoms in total. The van der Waals surface area contributed by atoms with E-state index in [9.17, 15) is 10.0 Å². The summed E-state index contributed by atoms with van der Waals surface area (Å²) in [6, 6.07) is 7.04. The van der Waals surface area contributed by atoms with Crippen molar-refractivity contribution in [1.82, 2.24) is 0 Å². The molecule has 7 heteroatoms. The number of nitrogens with zero attached hydrogens (tertiary/aromatic N) is 1. The number of amidine groups is 1. The molecule has 0 fully saturated rings. The summed E-state index contributed by atoms with van der Waals surface area (Å²) in [5.41, 5.74) is 5.70. The molecule has 0 aromatic heterocycles. The van der Waals surface area contributed by atoms with Crippen LogP contribution in [0.25, 0.3) is 0 Å². The number of fused-ring (bicyclic) bond motifs is 1. The van der Waals surface area contributed by atoms with Gasteiger partial charge in [-0.3, -0.25) is 15.4 Å². The molecule has 1 aromatic carbocycles. The van der Waals surface area contributed by atoms with Crippen molar-refractivity contribution < 1.29 is 10.0 Å². The predicted octanol–water partition coefficient (Wildman–Crippen LogP) is 1.47. The van der Waals surface area contributed by atoms with Crippen molar-refractivity contribution in [3.05, 3.63) is 24.3 Å². The number of benzene rings is 1. The summed E-state index contributed by atoms with van der Waals surface area (Å²) < 4.78 is -0.600. The minimum Gasteiger partial charge on any atom is -0.379 e. The Hall–Kier alpha value is -1.18. The third-order valence-electron chi connectivity index (χ3n) is 1.97. The molecule has 4 N–H and O–H groups in total. The van der Waals surface area contributed by atoms with Crippen molar-refractivity contribution in [1.29, 1.82) is 5.41 Å². The van der Waals surface area contributed by atoms with Gasteiger partial charge in [-0.15, -0.1) is 0 Å². The van der Waals surface area contributed by atoms with Gasteiger partial charge in [0.15, 0.2) is 5.17 Å². The number of hydroxylamine groups is 1. The number of hydrogen-bond donors (Lipinski definition) is 3. The zero-order valence-electron chi connectivity index (χ0n) is 8.08. The Morgan fingerprint density at radius 3 is 2.94 bits per heavy atom. The van der Waals surface area contributed by atoms with Crippen LogP contribution in [0.2, 0.25) is 0 Å². The molecule has 1 amide bonds. The highest BCUT2D eigenvalue weighted by molar-refractivity contribution is 8.25. The fourth-order valence-electron chi connectivity index (χ4n) is 1.31. The zero-order valence-corrected chi connectivity index (χ0v) is 9.72. The Morgan fingerprint density at radius 2 is 2.25 bits per heavy atom. The first-order valence-electron chi connectivity index (χ1n) is 4.39. The normalized spacial score (nSPS) is 19.4. The van der Waals surface area contributed by atoms with E-state index in [1.165, 1.54) is 11.8 Å². The molecule has 1 heterocycles. The third-order valence-corrected chi connectivity index (χ3v) is 4.23. The van der Waals surface area contributed by atoms with Crippen LogP contribution in [0.1, 0.15) is 0 Å². The molecular weight excluding hydrogens is 246 g/mol. The van der Waals surface area contributed by atoms with Gasteiger partial charge < -0.3 is 5.73 Å². The van der Waals surface area contributed by atoms with Gasteiger partial charge in [0.25, 0.3) is 5.91 Å². The fourth-order valence-corrected chi connectivity index (χ4v) is 3.42. The first-order chi connectivity index (χ1) is 7.59. The number of carbonyl (C=O) groups excluding carboxylic acids is 1. The Morgan fingerprint density at radius 1 is 1.56 bits per heavy atom. The second kappa shape index (κ2) is 4.36. The molecule has 0 spiro atoms. The summed E-state index contributed by atoms with van der Waals surface area (Å²) in [6.07, 6.45) is 0. The Balaban J connectivity index is 2.32. The number of thioether (sulfide) groups is 2. The Labute approximate surface area is 100 Å². The zero-order chi connectivity index (χ0) is 11.7. The van der Waals surface area contributed by atoms with Gasteiger partial charge in [-0.05, 0) is 12.1 Å².